The predicted molar refractivity (Wildman–Crippen MR) is 135 cm³/mol. The summed E-state index contributed by atoms with van der Waals surface area (Å²) >= 11 is 12.0. The molecule has 180 valence electrons. The molecule has 0 atom stereocenters. The highest BCUT2D eigenvalue weighted by atomic mass is 35.5. The zero-order valence-corrected chi connectivity index (χ0v) is 20.5. The topological polar surface area (TPSA) is 109 Å². The van der Waals surface area contributed by atoms with Crippen LogP contribution in [0.1, 0.15) is 40.4 Å². The first kappa shape index (κ1) is 23.3. The Labute approximate surface area is 211 Å². The minimum absolute atomic E-state index is 0.00472. The van der Waals surface area contributed by atoms with Gasteiger partial charge in [0, 0.05) is 32.0 Å². The quantitative estimate of drug-likeness (QED) is 0.415. The summed E-state index contributed by atoms with van der Waals surface area (Å²) in [5, 5.41) is 8.52. The Bertz CT molecular complexity index is 1460. The van der Waals surface area contributed by atoms with Crippen LogP contribution in [-0.2, 0) is 6.54 Å². The van der Waals surface area contributed by atoms with E-state index in [0.29, 0.717) is 65.1 Å². The molecule has 0 radical (unpaired) electrons. The van der Waals surface area contributed by atoms with Crippen LogP contribution in [0.3, 0.4) is 0 Å². The van der Waals surface area contributed by atoms with Crippen molar-refractivity contribution in [2.24, 2.45) is 0 Å². The number of fused-ring (bicyclic) bond motifs is 1. The van der Waals surface area contributed by atoms with Crippen molar-refractivity contribution in [3.63, 3.8) is 0 Å². The Kier molecular flexibility index (Phi) is 6.44. The molecule has 1 amide bonds. The standard InChI is InChI=1S/C24H23Cl2N7O2/c1-14-8-16(12-27-10-14)23(35)32-6-4-17(5-7-32)33-21-20(13-29-33)30-24(31-22(21)34)28-11-15-2-3-18(25)19(26)9-15/h2-3,8-10,12-13,17H,4-7,11H2,1H3,(H2,28,30,31,34). The zero-order valence-electron chi connectivity index (χ0n) is 19.0. The van der Waals surface area contributed by atoms with E-state index >= 15 is 0 Å². The number of carbonyl (C=O) groups is 1. The van der Waals surface area contributed by atoms with Gasteiger partial charge in [0.1, 0.15) is 5.52 Å². The Hall–Kier alpha value is -3.43. The lowest BCUT2D eigenvalue weighted by molar-refractivity contribution is 0.0691. The van der Waals surface area contributed by atoms with Gasteiger partial charge in [0.25, 0.3) is 11.5 Å². The number of hydrogen-bond donors (Lipinski definition) is 2. The second kappa shape index (κ2) is 9.67. The number of nitrogens with one attached hydrogen (secondary N) is 2. The van der Waals surface area contributed by atoms with Crippen molar-refractivity contribution in [3.05, 3.63) is 79.9 Å². The summed E-state index contributed by atoms with van der Waals surface area (Å²) < 4.78 is 1.74. The number of likely N-dealkylation sites (tertiary alicyclic amines) is 1. The number of aromatic amines is 1. The van der Waals surface area contributed by atoms with Crippen molar-refractivity contribution in [1.29, 1.82) is 0 Å². The largest absolute Gasteiger partial charge is 0.352 e. The molecular weight excluding hydrogens is 489 g/mol. The summed E-state index contributed by atoms with van der Waals surface area (Å²) in [5.41, 5.74) is 3.11. The van der Waals surface area contributed by atoms with E-state index in [4.69, 9.17) is 23.2 Å². The summed E-state index contributed by atoms with van der Waals surface area (Å²) in [6.07, 6.45) is 6.31. The summed E-state index contributed by atoms with van der Waals surface area (Å²) in [6, 6.07) is 7.19. The average molecular weight is 512 g/mol. The number of hydrogen-bond acceptors (Lipinski definition) is 6. The van der Waals surface area contributed by atoms with Crippen molar-refractivity contribution < 1.29 is 4.79 Å². The number of nitrogens with zero attached hydrogens (tertiary/aromatic N) is 5. The molecule has 9 nitrogen and oxygen atoms in total. The van der Waals surface area contributed by atoms with Gasteiger partial charge in [-0.2, -0.15) is 5.10 Å². The molecule has 2 N–H and O–H groups in total. The van der Waals surface area contributed by atoms with Gasteiger partial charge in [-0.25, -0.2) is 4.98 Å². The summed E-state index contributed by atoms with van der Waals surface area (Å²) in [7, 11) is 0. The van der Waals surface area contributed by atoms with E-state index < -0.39 is 0 Å². The highest BCUT2D eigenvalue weighted by Crippen LogP contribution is 2.26. The highest BCUT2D eigenvalue weighted by Gasteiger charge is 2.27. The Morgan fingerprint density at radius 3 is 2.69 bits per heavy atom. The smallest absolute Gasteiger partial charge is 0.278 e. The number of pyridine rings is 1. The van der Waals surface area contributed by atoms with Crippen LogP contribution in [0.4, 0.5) is 5.95 Å². The van der Waals surface area contributed by atoms with Crippen molar-refractivity contribution in [2.75, 3.05) is 18.4 Å². The maximum Gasteiger partial charge on any atom is 0.278 e. The van der Waals surface area contributed by atoms with Gasteiger partial charge in [-0.3, -0.25) is 24.2 Å². The van der Waals surface area contributed by atoms with Crippen molar-refractivity contribution in [2.45, 2.75) is 32.4 Å². The number of piperidine rings is 1. The monoisotopic (exact) mass is 511 g/mol. The van der Waals surface area contributed by atoms with Gasteiger partial charge in [-0.15, -0.1) is 0 Å². The van der Waals surface area contributed by atoms with Crippen LogP contribution in [-0.4, -0.2) is 48.6 Å². The molecule has 1 aliphatic rings. The van der Waals surface area contributed by atoms with Gasteiger partial charge in [-0.1, -0.05) is 29.3 Å². The van der Waals surface area contributed by atoms with Crippen LogP contribution in [0.15, 0.2) is 47.7 Å². The number of benzene rings is 1. The van der Waals surface area contributed by atoms with Gasteiger partial charge in [0.2, 0.25) is 5.95 Å². The van der Waals surface area contributed by atoms with Crippen LogP contribution in [0.2, 0.25) is 10.0 Å². The van der Waals surface area contributed by atoms with Gasteiger partial charge >= 0.3 is 0 Å². The first-order valence-electron chi connectivity index (χ1n) is 11.3. The lowest BCUT2D eigenvalue weighted by atomic mass is 10.0. The Balaban J connectivity index is 1.28. The molecule has 4 heterocycles. The van der Waals surface area contributed by atoms with Crippen molar-refractivity contribution in [1.82, 2.24) is 29.6 Å². The molecule has 35 heavy (non-hydrogen) atoms. The molecule has 0 aliphatic carbocycles. The van der Waals surface area contributed by atoms with Gasteiger partial charge < -0.3 is 10.2 Å². The summed E-state index contributed by atoms with van der Waals surface area (Å²) in [5.74, 6) is 0.322. The van der Waals surface area contributed by atoms with Gasteiger partial charge in [0.15, 0.2) is 5.52 Å². The van der Waals surface area contributed by atoms with Crippen LogP contribution < -0.4 is 10.9 Å². The molecule has 0 saturated carbocycles. The molecular formula is C24H23Cl2N7O2. The first-order chi connectivity index (χ1) is 16.9. The minimum atomic E-state index is -0.270. The van der Waals surface area contributed by atoms with Gasteiger partial charge in [-0.05, 0) is 49.1 Å². The normalized spacial score (nSPS) is 14.4. The van der Waals surface area contributed by atoms with E-state index in [2.05, 4.69) is 25.4 Å². The first-order valence-corrected chi connectivity index (χ1v) is 12.0. The number of H-pyrrole nitrogens is 1. The van der Waals surface area contributed by atoms with Crippen LogP contribution >= 0.6 is 23.2 Å². The fourth-order valence-corrected chi connectivity index (χ4v) is 4.66. The molecule has 0 spiro atoms. The molecule has 0 bridgehead atoms. The fourth-order valence-electron chi connectivity index (χ4n) is 4.33. The third kappa shape index (κ3) is 4.87. The third-order valence-electron chi connectivity index (χ3n) is 6.12. The number of aromatic nitrogens is 5. The third-order valence-corrected chi connectivity index (χ3v) is 6.86. The fraction of sp³-hybridized carbons (Fsp3) is 0.292. The zero-order chi connectivity index (χ0) is 24.5. The second-order valence-corrected chi connectivity index (χ2v) is 9.43. The number of halogens is 2. The van der Waals surface area contributed by atoms with E-state index in [0.717, 1.165) is 11.1 Å². The predicted octanol–water partition coefficient (Wildman–Crippen LogP) is 4.22. The van der Waals surface area contributed by atoms with E-state index in [9.17, 15) is 9.59 Å². The number of amides is 1. The van der Waals surface area contributed by atoms with Crippen LogP contribution in [0.25, 0.3) is 11.0 Å². The number of rotatable bonds is 5. The van der Waals surface area contributed by atoms with Crippen LogP contribution in [0.5, 0.6) is 0 Å². The molecule has 0 unspecified atom stereocenters. The van der Waals surface area contributed by atoms with Crippen molar-refractivity contribution >= 4 is 46.1 Å². The minimum Gasteiger partial charge on any atom is -0.352 e. The molecule has 5 rings (SSSR count). The lowest BCUT2D eigenvalue weighted by Crippen LogP contribution is -2.39. The summed E-state index contributed by atoms with van der Waals surface area (Å²) in [4.78, 5) is 39.0. The SMILES string of the molecule is Cc1cncc(C(=O)N2CCC(n3ncc4nc(NCc5ccc(Cl)c(Cl)c5)[nH]c(=O)c43)CC2)c1. The summed E-state index contributed by atoms with van der Waals surface area (Å²) in [6.45, 7) is 3.49. The molecule has 1 aliphatic heterocycles. The Morgan fingerprint density at radius 1 is 1.14 bits per heavy atom. The molecule has 3 aromatic heterocycles. The average Bonchev–Trinajstić information content (AvgIpc) is 3.29. The highest BCUT2D eigenvalue weighted by molar-refractivity contribution is 6.42. The second-order valence-electron chi connectivity index (χ2n) is 8.61. The van der Waals surface area contributed by atoms with Gasteiger partial charge in [0.05, 0.1) is 27.8 Å². The lowest BCUT2D eigenvalue weighted by Gasteiger charge is -2.32. The molecule has 4 aromatic rings. The molecule has 1 saturated heterocycles. The molecule has 1 fully saturated rings. The van der Waals surface area contributed by atoms with E-state index in [1.54, 1.807) is 35.4 Å². The van der Waals surface area contributed by atoms with E-state index in [1.807, 2.05) is 24.0 Å². The van der Waals surface area contributed by atoms with E-state index in [1.165, 1.54) is 0 Å². The Morgan fingerprint density at radius 2 is 1.94 bits per heavy atom. The maximum absolute atomic E-state index is 12.9. The number of aryl methyl sites for hydroxylation is 1. The number of anilines is 1. The van der Waals surface area contributed by atoms with Crippen molar-refractivity contribution in [3.8, 4) is 0 Å². The molecule has 1 aromatic carbocycles. The van der Waals surface area contributed by atoms with E-state index in [-0.39, 0.29) is 17.5 Å². The number of carbonyl (C=O) groups excluding carboxylic acids is 1. The molecule has 11 heteroatoms. The van der Waals surface area contributed by atoms with Crippen LogP contribution in [0, 0.1) is 6.92 Å². The maximum atomic E-state index is 12.9.